The molecule has 0 spiro atoms. The summed E-state index contributed by atoms with van der Waals surface area (Å²) in [5, 5.41) is 0. The number of carbonyl (C=O) groups excluding carboxylic acids is 2. The van der Waals surface area contributed by atoms with Gasteiger partial charge >= 0.3 is 0 Å². The molecule has 2 unspecified atom stereocenters. The number of Topliss-reactive ketones (excluding diaryl/α,β-unsaturated/α-hetero) is 2. The fraction of sp³-hybridized carbons (Fsp3) is 0.300. The number of anilines is 1. The van der Waals surface area contributed by atoms with E-state index in [1.165, 1.54) is 28.4 Å². The van der Waals surface area contributed by atoms with Crippen molar-refractivity contribution in [2.75, 3.05) is 34.2 Å². The lowest BCUT2D eigenvalue weighted by molar-refractivity contribution is -0.146. The average molecular weight is 371 g/mol. The van der Waals surface area contributed by atoms with Crippen LogP contribution in [0.15, 0.2) is 30.3 Å². The first kappa shape index (κ1) is 18.6. The quantitative estimate of drug-likeness (QED) is 0.615. The zero-order valence-corrected chi connectivity index (χ0v) is 15.6. The predicted molar refractivity (Wildman–Crippen MR) is 99.0 cm³/mol. The van der Waals surface area contributed by atoms with E-state index < -0.39 is 23.4 Å². The van der Waals surface area contributed by atoms with E-state index in [4.69, 9.17) is 24.7 Å². The van der Waals surface area contributed by atoms with Crippen molar-refractivity contribution in [3.63, 3.8) is 0 Å². The van der Waals surface area contributed by atoms with Crippen molar-refractivity contribution in [1.29, 1.82) is 0 Å². The Labute approximate surface area is 157 Å². The molecule has 0 bridgehead atoms. The monoisotopic (exact) mass is 371 g/mol. The van der Waals surface area contributed by atoms with Crippen LogP contribution in [0.4, 0.5) is 5.69 Å². The van der Waals surface area contributed by atoms with Crippen molar-refractivity contribution >= 4 is 17.3 Å². The van der Waals surface area contributed by atoms with E-state index in [1.807, 2.05) is 0 Å². The van der Waals surface area contributed by atoms with Gasteiger partial charge in [-0.05, 0) is 35.4 Å². The smallest absolute Gasteiger partial charge is 0.207 e. The van der Waals surface area contributed by atoms with Crippen LogP contribution in [-0.4, -0.2) is 40.0 Å². The van der Waals surface area contributed by atoms with Crippen molar-refractivity contribution < 1.29 is 28.5 Å². The molecule has 1 aliphatic rings. The molecule has 2 N–H and O–H groups in total. The van der Waals surface area contributed by atoms with Crippen molar-refractivity contribution in [3.8, 4) is 23.0 Å². The highest BCUT2D eigenvalue weighted by Gasteiger charge is 2.51. The lowest BCUT2D eigenvalue weighted by atomic mass is 9.64. The molecule has 0 heterocycles. The Bertz CT molecular complexity index is 882. The second-order valence-electron chi connectivity index (χ2n) is 6.14. The number of nitrogen functional groups attached to an aromatic ring is 1. The lowest BCUT2D eigenvalue weighted by Gasteiger charge is -2.34. The van der Waals surface area contributed by atoms with Crippen LogP contribution < -0.4 is 24.7 Å². The number of rotatable bonds is 6. The SMILES string of the molecule is COc1ccc(C2C(=O)C(=O)C2c2cc(OC)c(OC)c(OC)c2)cc1N. The molecule has 0 aliphatic heterocycles. The summed E-state index contributed by atoms with van der Waals surface area (Å²) >= 11 is 0. The number of nitrogens with two attached hydrogens (primary N) is 1. The molecule has 7 nitrogen and oxygen atoms in total. The van der Waals surface area contributed by atoms with Crippen LogP contribution in [0, 0.1) is 0 Å². The third-order valence-electron chi connectivity index (χ3n) is 4.80. The van der Waals surface area contributed by atoms with E-state index in [2.05, 4.69) is 0 Å². The topological polar surface area (TPSA) is 97.1 Å². The lowest BCUT2D eigenvalue weighted by Crippen LogP contribution is -2.44. The van der Waals surface area contributed by atoms with E-state index in [0.717, 1.165) is 0 Å². The number of benzene rings is 2. The van der Waals surface area contributed by atoms with Gasteiger partial charge in [0.25, 0.3) is 0 Å². The van der Waals surface area contributed by atoms with Crippen molar-refractivity contribution in [1.82, 2.24) is 0 Å². The van der Waals surface area contributed by atoms with Gasteiger partial charge in [-0.25, -0.2) is 0 Å². The van der Waals surface area contributed by atoms with Crippen LogP contribution in [0.5, 0.6) is 23.0 Å². The fourth-order valence-corrected chi connectivity index (χ4v) is 3.43. The highest BCUT2D eigenvalue weighted by molar-refractivity contribution is 6.49. The minimum Gasteiger partial charge on any atom is -0.495 e. The van der Waals surface area contributed by atoms with E-state index in [9.17, 15) is 9.59 Å². The normalized spacial score (nSPS) is 18.7. The molecule has 0 radical (unpaired) electrons. The molecule has 0 saturated heterocycles. The van der Waals surface area contributed by atoms with Crippen molar-refractivity contribution in [2.45, 2.75) is 11.8 Å². The number of ketones is 2. The van der Waals surface area contributed by atoms with Gasteiger partial charge in [-0.15, -0.1) is 0 Å². The van der Waals surface area contributed by atoms with Gasteiger partial charge in [-0.1, -0.05) is 6.07 Å². The Hall–Kier alpha value is -3.22. The van der Waals surface area contributed by atoms with Crippen LogP contribution >= 0.6 is 0 Å². The molecule has 0 amide bonds. The molecule has 1 fully saturated rings. The number of hydrogen-bond acceptors (Lipinski definition) is 7. The maximum atomic E-state index is 12.4. The number of methoxy groups -OCH3 is 4. The van der Waals surface area contributed by atoms with E-state index in [-0.39, 0.29) is 0 Å². The first-order valence-electron chi connectivity index (χ1n) is 8.28. The van der Waals surface area contributed by atoms with E-state index in [1.54, 1.807) is 30.3 Å². The van der Waals surface area contributed by atoms with Crippen molar-refractivity contribution in [2.24, 2.45) is 0 Å². The van der Waals surface area contributed by atoms with E-state index in [0.29, 0.717) is 39.8 Å². The fourth-order valence-electron chi connectivity index (χ4n) is 3.43. The molecule has 27 heavy (non-hydrogen) atoms. The molecule has 1 saturated carbocycles. The molecule has 7 heteroatoms. The summed E-state index contributed by atoms with van der Waals surface area (Å²) in [6, 6.07) is 8.48. The number of hydrogen-bond donors (Lipinski definition) is 1. The third kappa shape index (κ3) is 2.95. The first-order valence-corrected chi connectivity index (χ1v) is 8.28. The van der Waals surface area contributed by atoms with Gasteiger partial charge < -0.3 is 24.7 Å². The molecular weight excluding hydrogens is 350 g/mol. The Morgan fingerprint density at radius 3 is 1.67 bits per heavy atom. The standard InChI is InChI=1S/C20H21NO6/c1-24-13-6-5-10(7-12(13)21)16-17(19(23)18(16)22)11-8-14(25-2)20(27-4)15(9-11)26-3/h5-9,16-17H,21H2,1-4H3. The molecule has 2 atom stereocenters. The minimum absolute atomic E-state index is 0.408. The molecular formula is C20H21NO6. The Kier molecular flexibility index (Phi) is 4.94. The summed E-state index contributed by atoms with van der Waals surface area (Å²) in [6.45, 7) is 0. The molecule has 2 aromatic rings. The predicted octanol–water partition coefficient (Wildman–Crippen LogP) is 2.32. The van der Waals surface area contributed by atoms with Crippen LogP contribution in [0.25, 0.3) is 0 Å². The van der Waals surface area contributed by atoms with Crippen LogP contribution in [0.3, 0.4) is 0 Å². The third-order valence-corrected chi connectivity index (χ3v) is 4.80. The van der Waals surface area contributed by atoms with Gasteiger partial charge in [0, 0.05) is 0 Å². The van der Waals surface area contributed by atoms with Crippen LogP contribution in [0.1, 0.15) is 23.0 Å². The summed E-state index contributed by atoms with van der Waals surface area (Å²) < 4.78 is 21.2. The summed E-state index contributed by atoms with van der Waals surface area (Å²) in [6.07, 6.45) is 0. The summed E-state index contributed by atoms with van der Waals surface area (Å²) in [7, 11) is 6.01. The highest BCUT2D eigenvalue weighted by atomic mass is 16.5. The zero-order valence-electron chi connectivity index (χ0n) is 15.6. The molecule has 2 aromatic carbocycles. The van der Waals surface area contributed by atoms with Gasteiger partial charge in [0.05, 0.1) is 46.0 Å². The minimum atomic E-state index is -0.640. The summed E-state index contributed by atoms with van der Waals surface area (Å²) in [4.78, 5) is 24.7. The molecule has 0 aromatic heterocycles. The first-order chi connectivity index (χ1) is 13.0. The van der Waals surface area contributed by atoms with Gasteiger partial charge in [-0.2, -0.15) is 0 Å². The molecule has 1 aliphatic carbocycles. The maximum Gasteiger partial charge on any atom is 0.207 e. The average Bonchev–Trinajstić information content (AvgIpc) is 2.69. The summed E-state index contributed by atoms with van der Waals surface area (Å²) in [5.74, 6) is -0.373. The number of carbonyl (C=O) groups is 2. The number of ether oxygens (including phenoxy) is 4. The second-order valence-corrected chi connectivity index (χ2v) is 6.14. The highest BCUT2D eigenvalue weighted by Crippen LogP contribution is 2.48. The van der Waals surface area contributed by atoms with Gasteiger partial charge in [0.1, 0.15) is 5.75 Å². The van der Waals surface area contributed by atoms with Gasteiger partial charge in [-0.3, -0.25) is 9.59 Å². The Morgan fingerprint density at radius 1 is 0.704 bits per heavy atom. The second kappa shape index (κ2) is 7.19. The Morgan fingerprint density at radius 2 is 1.22 bits per heavy atom. The molecule has 3 rings (SSSR count). The molecule has 142 valence electrons. The largest absolute Gasteiger partial charge is 0.495 e. The zero-order chi connectivity index (χ0) is 19.7. The van der Waals surface area contributed by atoms with E-state index >= 15 is 0 Å². The van der Waals surface area contributed by atoms with Crippen molar-refractivity contribution in [3.05, 3.63) is 41.5 Å². The van der Waals surface area contributed by atoms with Gasteiger partial charge in [0.2, 0.25) is 17.3 Å². The van der Waals surface area contributed by atoms with Crippen LogP contribution in [-0.2, 0) is 9.59 Å². The summed E-state index contributed by atoms with van der Waals surface area (Å²) in [5.41, 5.74) is 7.65. The Balaban J connectivity index is 2.06. The maximum absolute atomic E-state index is 12.4. The van der Waals surface area contributed by atoms with Gasteiger partial charge in [0.15, 0.2) is 11.5 Å². The van der Waals surface area contributed by atoms with Crippen LogP contribution in [0.2, 0.25) is 0 Å².